The van der Waals surface area contributed by atoms with Gasteiger partial charge in [0.2, 0.25) is 0 Å². The summed E-state index contributed by atoms with van der Waals surface area (Å²) in [7, 11) is 1.51. The zero-order chi connectivity index (χ0) is 12.1. The van der Waals surface area contributed by atoms with Gasteiger partial charge < -0.3 is 9.15 Å². The van der Waals surface area contributed by atoms with Crippen LogP contribution in [-0.2, 0) is 0 Å². The highest BCUT2D eigenvalue weighted by Crippen LogP contribution is 2.12. The lowest BCUT2D eigenvalue weighted by Crippen LogP contribution is -1.98. The number of aromatic nitrogens is 1. The number of nitrogens with zero attached hydrogens (tertiary/aromatic N) is 1. The fourth-order valence-corrected chi connectivity index (χ4v) is 1.33. The highest BCUT2D eigenvalue weighted by Gasteiger charge is 1.98. The van der Waals surface area contributed by atoms with Gasteiger partial charge in [0.25, 0.3) is 0 Å². The van der Waals surface area contributed by atoms with Gasteiger partial charge in [0.05, 0.1) is 13.2 Å². The minimum atomic E-state index is -0.432. The maximum atomic E-state index is 11.2. The average Bonchev–Trinajstić information content (AvgIpc) is 2.37. The van der Waals surface area contributed by atoms with Crippen LogP contribution in [0.3, 0.4) is 0 Å². The third-order valence-corrected chi connectivity index (χ3v) is 2.14. The predicted molar refractivity (Wildman–Crippen MR) is 64.7 cm³/mol. The number of methoxy groups -OCH3 is 1. The molecule has 0 bridgehead atoms. The van der Waals surface area contributed by atoms with Gasteiger partial charge in [0, 0.05) is 18.5 Å². The van der Waals surface area contributed by atoms with Crippen LogP contribution in [0.5, 0.6) is 5.75 Å². The monoisotopic (exact) mass is 229 g/mol. The van der Waals surface area contributed by atoms with Crippen LogP contribution in [0.25, 0.3) is 12.2 Å². The van der Waals surface area contributed by atoms with E-state index in [9.17, 15) is 4.79 Å². The van der Waals surface area contributed by atoms with Crippen LogP contribution in [0.1, 0.15) is 11.3 Å². The molecule has 0 aliphatic heterocycles. The number of rotatable bonds is 3. The molecule has 0 fully saturated rings. The molecule has 0 saturated heterocycles. The number of hydrogen-bond acceptors (Lipinski definition) is 4. The van der Waals surface area contributed by atoms with Gasteiger partial charge >= 0.3 is 5.63 Å². The van der Waals surface area contributed by atoms with Crippen molar-refractivity contribution in [1.29, 1.82) is 0 Å². The van der Waals surface area contributed by atoms with Crippen molar-refractivity contribution in [2.75, 3.05) is 7.11 Å². The molecule has 2 heterocycles. The number of pyridine rings is 1. The van der Waals surface area contributed by atoms with Gasteiger partial charge in [-0.25, -0.2) is 4.79 Å². The molecule has 0 N–H and O–H groups in total. The molecular weight excluding hydrogens is 218 g/mol. The molecule has 0 aromatic carbocycles. The van der Waals surface area contributed by atoms with E-state index in [2.05, 4.69) is 4.98 Å². The van der Waals surface area contributed by atoms with Gasteiger partial charge in [0.15, 0.2) is 0 Å². The minimum Gasteiger partial charge on any atom is -0.496 e. The van der Waals surface area contributed by atoms with Crippen LogP contribution >= 0.6 is 0 Å². The first-order valence-electron chi connectivity index (χ1n) is 5.05. The highest BCUT2D eigenvalue weighted by atomic mass is 16.5. The predicted octanol–water partition coefficient (Wildman–Crippen LogP) is 2.21. The summed E-state index contributed by atoms with van der Waals surface area (Å²) in [4.78, 5) is 15.1. The molecule has 0 amide bonds. The fourth-order valence-electron chi connectivity index (χ4n) is 1.33. The minimum absolute atomic E-state index is 0.432. The van der Waals surface area contributed by atoms with Crippen LogP contribution in [0, 0.1) is 0 Å². The molecule has 0 saturated carbocycles. The second kappa shape index (κ2) is 5.12. The van der Waals surface area contributed by atoms with E-state index in [0.717, 1.165) is 5.56 Å². The van der Waals surface area contributed by atoms with E-state index in [0.29, 0.717) is 11.5 Å². The summed E-state index contributed by atoms with van der Waals surface area (Å²) in [5.41, 5.74) is 0.546. The quantitative estimate of drug-likeness (QED) is 0.809. The van der Waals surface area contributed by atoms with Crippen molar-refractivity contribution < 1.29 is 9.15 Å². The Balaban J connectivity index is 2.27. The lowest BCUT2D eigenvalue weighted by atomic mass is 10.2. The first-order chi connectivity index (χ1) is 8.28. The summed E-state index contributed by atoms with van der Waals surface area (Å²) in [6.45, 7) is 0. The standard InChI is InChI=1S/C13H11NO3/c1-16-12-8-11(17-13(15)9-12)3-2-10-4-6-14-7-5-10/h2-9H,1H3/b3-2+. The maximum absolute atomic E-state index is 11.2. The van der Waals surface area contributed by atoms with Crippen molar-refractivity contribution in [3.8, 4) is 5.75 Å². The summed E-state index contributed by atoms with van der Waals surface area (Å²) in [5.74, 6) is 0.932. The van der Waals surface area contributed by atoms with Crippen LogP contribution < -0.4 is 10.4 Å². The van der Waals surface area contributed by atoms with E-state index >= 15 is 0 Å². The van der Waals surface area contributed by atoms with Crippen LogP contribution in [0.15, 0.2) is 45.9 Å². The molecule has 0 aliphatic carbocycles. The Bertz CT molecular complexity index is 573. The normalized spacial score (nSPS) is 10.6. The Morgan fingerprint density at radius 2 is 2.00 bits per heavy atom. The van der Waals surface area contributed by atoms with E-state index < -0.39 is 5.63 Å². The van der Waals surface area contributed by atoms with Crippen molar-refractivity contribution >= 4 is 12.2 Å². The summed E-state index contributed by atoms with van der Waals surface area (Å²) in [6.07, 6.45) is 6.93. The molecule has 4 nitrogen and oxygen atoms in total. The van der Waals surface area contributed by atoms with Gasteiger partial charge in [-0.05, 0) is 23.8 Å². The van der Waals surface area contributed by atoms with Crippen molar-refractivity contribution in [2.45, 2.75) is 0 Å². The molecule has 2 rings (SSSR count). The first-order valence-corrected chi connectivity index (χ1v) is 5.05. The smallest absolute Gasteiger partial charge is 0.339 e. The summed E-state index contributed by atoms with van der Waals surface area (Å²) >= 11 is 0. The van der Waals surface area contributed by atoms with Gasteiger partial charge in [-0.15, -0.1) is 0 Å². The lowest BCUT2D eigenvalue weighted by molar-refractivity contribution is 0.400. The zero-order valence-corrected chi connectivity index (χ0v) is 9.29. The molecule has 2 aromatic heterocycles. The van der Waals surface area contributed by atoms with Crippen molar-refractivity contribution in [3.63, 3.8) is 0 Å². The fraction of sp³-hybridized carbons (Fsp3) is 0.0769. The van der Waals surface area contributed by atoms with Crippen LogP contribution in [-0.4, -0.2) is 12.1 Å². The van der Waals surface area contributed by atoms with Gasteiger partial charge in [-0.3, -0.25) is 4.98 Å². The van der Waals surface area contributed by atoms with E-state index in [-0.39, 0.29) is 0 Å². The Kier molecular flexibility index (Phi) is 3.35. The number of ether oxygens (including phenoxy) is 1. The third-order valence-electron chi connectivity index (χ3n) is 2.14. The van der Waals surface area contributed by atoms with Crippen LogP contribution in [0.4, 0.5) is 0 Å². The van der Waals surface area contributed by atoms with Crippen LogP contribution in [0.2, 0.25) is 0 Å². The molecule has 0 unspecified atom stereocenters. The molecule has 86 valence electrons. The zero-order valence-electron chi connectivity index (χ0n) is 9.29. The largest absolute Gasteiger partial charge is 0.496 e. The molecule has 0 spiro atoms. The SMILES string of the molecule is COc1cc(/C=C/c2ccncc2)oc(=O)c1. The molecule has 0 atom stereocenters. The van der Waals surface area contributed by atoms with Gasteiger partial charge in [-0.2, -0.15) is 0 Å². The first kappa shape index (κ1) is 11.1. The summed E-state index contributed by atoms with van der Waals surface area (Å²) in [6, 6.07) is 6.66. The average molecular weight is 229 g/mol. The summed E-state index contributed by atoms with van der Waals surface area (Å²) < 4.78 is 9.99. The molecule has 4 heteroatoms. The van der Waals surface area contributed by atoms with E-state index in [1.165, 1.54) is 13.2 Å². The lowest BCUT2D eigenvalue weighted by Gasteiger charge is -1.98. The third kappa shape index (κ3) is 3.04. The molecule has 0 radical (unpaired) electrons. The van der Waals surface area contributed by atoms with E-state index in [1.807, 2.05) is 18.2 Å². The highest BCUT2D eigenvalue weighted by molar-refractivity contribution is 5.67. The second-order valence-electron chi connectivity index (χ2n) is 3.33. The molecule has 17 heavy (non-hydrogen) atoms. The Hall–Kier alpha value is -2.36. The Morgan fingerprint density at radius 3 is 2.71 bits per heavy atom. The second-order valence-corrected chi connectivity index (χ2v) is 3.33. The van der Waals surface area contributed by atoms with Crippen molar-refractivity contribution in [3.05, 3.63) is 58.4 Å². The van der Waals surface area contributed by atoms with Gasteiger partial charge in [0.1, 0.15) is 11.5 Å². The van der Waals surface area contributed by atoms with Gasteiger partial charge in [-0.1, -0.05) is 6.08 Å². The van der Waals surface area contributed by atoms with E-state index in [4.69, 9.17) is 9.15 Å². The van der Waals surface area contributed by atoms with Crippen molar-refractivity contribution in [2.24, 2.45) is 0 Å². The Labute approximate surface area is 98.2 Å². The summed E-state index contributed by atoms with van der Waals surface area (Å²) in [5, 5.41) is 0. The van der Waals surface area contributed by atoms with E-state index in [1.54, 1.807) is 24.5 Å². The molecule has 0 aliphatic rings. The molecule has 2 aromatic rings. The number of hydrogen-bond donors (Lipinski definition) is 0. The maximum Gasteiger partial charge on any atom is 0.339 e. The Morgan fingerprint density at radius 1 is 1.24 bits per heavy atom. The van der Waals surface area contributed by atoms with Crippen molar-refractivity contribution in [1.82, 2.24) is 4.98 Å². The molecular formula is C13H11NO3. The topological polar surface area (TPSA) is 52.3 Å².